The molecule has 1 aliphatic rings. The fourth-order valence-electron chi connectivity index (χ4n) is 3.75. The average molecular weight is 414 g/mol. The van der Waals surface area contributed by atoms with E-state index >= 15 is 0 Å². The van der Waals surface area contributed by atoms with Gasteiger partial charge in [-0.3, -0.25) is 4.79 Å². The van der Waals surface area contributed by atoms with Crippen molar-refractivity contribution in [3.8, 4) is 0 Å². The van der Waals surface area contributed by atoms with Crippen LogP contribution < -0.4 is 5.32 Å². The van der Waals surface area contributed by atoms with Gasteiger partial charge in [0.25, 0.3) is 0 Å². The van der Waals surface area contributed by atoms with Crippen molar-refractivity contribution in [2.75, 3.05) is 11.1 Å². The second-order valence-electron chi connectivity index (χ2n) is 7.04. The monoisotopic (exact) mass is 413 g/mol. The Balaban J connectivity index is 1.41. The molecule has 6 heteroatoms. The number of carbonyl (C=O) groups excluding carboxylic acids is 1. The number of amides is 1. The lowest BCUT2D eigenvalue weighted by atomic mass is 10.0. The fourth-order valence-corrected chi connectivity index (χ4v) is 5.19. The van der Waals surface area contributed by atoms with Crippen LogP contribution in [0.3, 0.4) is 0 Å². The van der Waals surface area contributed by atoms with Gasteiger partial charge in [0, 0.05) is 22.5 Å². The van der Waals surface area contributed by atoms with E-state index in [1.807, 2.05) is 18.2 Å². The van der Waals surface area contributed by atoms with Crippen LogP contribution in [-0.4, -0.2) is 20.1 Å². The van der Waals surface area contributed by atoms with Crippen molar-refractivity contribution in [1.82, 2.24) is 0 Å². The molecule has 3 aromatic rings. The smallest absolute Gasteiger partial charge is 0.224 e. The van der Waals surface area contributed by atoms with Gasteiger partial charge in [-0.2, -0.15) is 0 Å². The van der Waals surface area contributed by atoms with Crippen molar-refractivity contribution in [3.63, 3.8) is 0 Å². The normalized spacial score (nSPS) is 13.0. The van der Waals surface area contributed by atoms with Crippen molar-refractivity contribution in [1.29, 1.82) is 0 Å². The van der Waals surface area contributed by atoms with Gasteiger partial charge in [0.05, 0.1) is 10.6 Å². The van der Waals surface area contributed by atoms with E-state index in [9.17, 15) is 13.2 Å². The SMILES string of the molecule is O=C(CCCS(=O)(=O)c1ccc(Cl)cc1)Nc1ccc2c3c(cccc13)CC2. The molecule has 0 spiro atoms. The molecule has 1 amide bonds. The summed E-state index contributed by atoms with van der Waals surface area (Å²) < 4.78 is 24.7. The highest BCUT2D eigenvalue weighted by Gasteiger charge is 2.18. The van der Waals surface area contributed by atoms with Crippen LogP contribution in [0.15, 0.2) is 59.5 Å². The molecule has 0 heterocycles. The zero-order valence-corrected chi connectivity index (χ0v) is 16.8. The summed E-state index contributed by atoms with van der Waals surface area (Å²) in [5.41, 5.74) is 3.42. The first-order valence-corrected chi connectivity index (χ1v) is 11.3. The summed E-state index contributed by atoms with van der Waals surface area (Å²) in [6.45, 7) is 0. The molecule has 0 saturated heterocycles. The Hall–Kier alpha value is -2.37. The van der Waals surface area contributed by atoms with Crippen LogP contribution in [0.4, 0.5) is 5.69 Å². The van der Waals surface area contributed by atoms with E-state index in [1.54, 1.807) is 12.1 Å². The van der Waals surface area contributed by atoms with E-state index < -0.39 is 9.84 Å². The third-order valence-corrected chi connectivity index (χ3v) is 7.21. The Morgan fingerprint density at radius 1 is 0.964 bits per heavy atom. The molecule has 1 N–H and O–H groups in total. The van der Waals surface area contributed by atoms with Crippen molar-refractivity contribution in [2.45, 2.75) is 30.6 Å². The number of benzene rings is 3. The molecule has 3 aromatic carbocycles. The summed E-state index contributed by atoms with van der Waals surface area (Å²) in [6, 6.07) is 16.3. The minimum Gasteiger partial charge on any atom is -0.326 e. The molecule has 0 fully saturated rings. The zero-order valence-electron chi connectivity index (χ0n) is 15.2. The third kappa shape index (κ3) is 3.77. The molecule has 0 unspecified atom stereocenters. The summed E-state index contributed by atoms with van der Waals surface area (Å²) in [4.78, 5) is 12.6. The Labute approximate surface area is 169 Å². The highest BCUT2D eigenvalue weighted by Crippen LogP contribution is 2.35. The molecule has 1 aliphatic carbocycles. The van der Waals surface area contributed by atoms with Gasteiger partial charge in [-0.15, -0.1) is 0 Å². The number of nitrogens with one attached hydrogen (secondary N) is 1. The molecular weight excluding hydrogens is 394 g/mol. The number of rotatable bonds is 6. The van der Waals surface area contributed by atoms with Gasteiger partial charge < -0.3 is 5.32 Å². The van der Waals surface area contributed by atoms with Crippen LogP contribution in [0.5, 0.6) is 0 Å². The summed E-state index contributed by atoms with van der Waals surface area (Å²) in [7, 11) is -3.42. The summed E-state index contributed by atoms with van der Waals surface area (Å²) >= 11 is 5.80. The van der Waals surface area contributed by atoms with Crippen LogP contribution in [0.25, 0.3) is 10.8 Å². The van der Waals surface area contributed by atoms with Gasteiger partial charge in [0.15, 0.2) is 9.84 Å². The number of hydrogen-bond acceptors (Lipinski definition) is 3. The lowest BCUT2D eigenvalue weighted by molar-refractivity contribution is -0.116. The first kappa shape index (κ1) is 19.0. The first-order chi connectivity index (χ1) is 13.4. The van der Waals surface area contributed by atoms with Gasteiger partial charge in [0.1, 0.15) is 0 Å². The summed E-state index contributed by atoms with van der Waals surface area (Å²) in [5, 5.41) is 5.73. The largest absolute Gasteiger partial charge is 0.326 e. The topological polar surface area (TPSA) is 63.2 Å². The predicted molar refractivity (Wildman–Crippen MR) is 113 cm³/mol. The molecule has 0 atom stereocenters. The van der Waals surface area contributed by atoms with Crippen molar-refractivity contribution in [3.05, 3.63) is 70.7 Å². The van der Waals surface area contributed by atoms with Crippen LogP contribution in [0, 0.1) is 0 Å². The number of halogens is 1. The lowest BCUT2D eigenvalue weighted by Gasteiger charge is -2.11. The highest BCUT2D eigenvalue weighted by atomic mass is 35.5. The van der Waals surface area contributed by atoms with E-state index in [0.29, 0.717) is 5.02 Å². The van der Waals surface area contributed by atoms with Crippen molar-refractivity contribution < 1.29 is 13.2 Å². The van der Waals surface area contributed by atoms with E-state index in [-0.39, 0.29) is 29.4 Å². The standard InChI is InChI=1S/C22H20ClNO3S/c23-17-9-11-18(12-10-17)28(26,27)14-2-5-21(25)24-20-13-8-16-7-6-15-3-1-4-19(20)22(15)16/h1,3-4,8-13H,2,5-7,14H2,(H,24,25). The Kier molecular flexibility index (Phi) is 5.13. The third-order valence-electron chi connectivity index (χ3n) is 5.14. The molecule has 0 aliphatic heterocycles. The lowest BCUT2D eigenvalue weighted by Crippen LogP contribution is -2.14. The van der Waals surface area contributed by atoms with Crippen LogP contribution in [0.2, 0.25) is 5.02 Å². The van der Waals surface area contributed by atoms with Crippen LogP contribution in [-0.2, 0) is 27.5 Å². The second kappa shape index (κ2) is 7.57. The van der Waals surface area contributed by atoms with E-state index in [1.165, 1.54) is 28.6 Å². The van der Waals surface area contributed by atoms with Gasteiger partial charge in [0.2, 0.25) is 5.91 Å². The molecule has 4 rings (SSSR count). The first-order valence-electron chi connectivity index (χ1n) is 9.26. The number of hydrogen-bond donors (Lipinski definition) is 1. The minimum absolute atomic E-state index is 0.0775. The second-order valence-corrected chi connectivity index (χ2v) is 9.58. The minimum atomic E-state index is -3.42. The molecule has 0 bridgehead atoms. The van der Waals surface area contributed by atoms with E-state index in [4.69, 9.17) is 11.6 Å². The highest BCUT2D eigenvalue weighted by molar-refractivity contribution is 7.91. The molecule has 28 heavy (non-hydrogen) atoms. The molecule has 0 radical (unpaired) electrons. The number of carbonyl (C=O) groups is 1. The molecule has 4 nitrogen and oxygen atoms in total. The maximum Gasteiger partial charge on any atom is 0.224 e. The van der Waals surface area contributed by atoms with Gasteiger partial charge >= 0.3 is 0 Å². The Morgan fingerprint density at radius 3 is 2.43 bits per heavy atom. The molecule has 0 aromatic heterocycles. The number of aryl methyl sites for hydroxylation is 2. The summed E-state index contributed by atoms with van der Waals surface area (Å²) in [5.74, 6) is -0.253. The van der Waals surface area contributed by atoms with Gasteiger partial charge in [-0.25, -0.2) is 8.42 Å². The van der Waals surface area contributed by atoms with Gasteiger partial charge in [-0.1, -0.05) is 35.9 Å². The molecule has 0 saturated carbocycles. The zero-order chi connectivity index (χ0) is 19.7. The summed E-state index contributed by atoms with van der Waals surface area (Å²) in [6.07, 6.45) is 2.48. The maximum atomic E-state index is 12.4. The fraction of sp³-hybridized carbons (Fsp3) is 0.227. The number of anilines is 1. The Morgan fingerprint density at radius 2 is 1.68 bits per heavy atom. The quantitative estimate of drug-likeness (QED) is 0.632. The van der Waals surface area contributed by atoms with Crippen molar-refractivity contribution in [2.24, 2.45) is 0 Å². The Bertz CT molecular complexity index is 1140. The van der Waals surface area contributed by atoms with E-state index in [0.717, 1.165) is 23.9 Å². The van der Waals surface area contributed by atoms with Crippen molar-refractivity contribution >= 4 is 43.8 Å². The average Bonchev–Trinajstić information content (AvgIpc) is 3.09. The number of sulfone groups is 1. The van der Waals surface area contributed by atoms with Crippen LogP contribution >= 0.6 is 11.6 Å². The molecule has 144 valence electrons. The maximum absolute atomic E-state index is 12.4. The predicted octanol–water partition coefficient (Wildman–Crippen LogP) is 4.78. The van der Waals surface area contributed by atoms with Crippen LogP contribution in [0.1, 0.15) is 24.0 Å². The van der Waals surface area contributed by atoms with E-state index in [2.05, 4.69) is 17.4 Å². The molecular formula is C22H20ClNO3S. The van der Waals surface area contributed by atoms with Gasteiger partial charge in [-0.05, 0) is 66.1 Å².